The third-order valence-electron chi connectivity index (χ3n) is 4.04. The summed E-state index contributed by atoms with van der Waals surface area (Å²) in [4.78, 5) is 47.7. The van der Waals surface area contributed by atoms with Gasteiger partial charge in [0.05, 0.1) is 21.8 Å². The van der Waals surface area contributed by atoms with Crippen molar-refractivity contribution in [3.63, 3.8) is 0 Å². The summed E-state index contributed by atoms with van der Waals surface area (Å²) >= 11 is 2.71. The number of benzene rings is 1. The summed E-state index contributed by atoms with van der Waals surface area (Å²) in [5.74, 6) is -1.43. The maximum atomic E-state index is 12.2. The predicted octanol–water partition coefficient (Wildman–Crippen LogP) is 3.05. The molecule has 4 rings (SSSR count). The van der Waals surface area contributed by atoms with Gasteiger partial charge in [-0.1, -0.05) is 29.5 Å². The quantitative estimate of drug-likeness (QED) is 0.630. The summed E-state index contributed by atoms with van der Waals surface area (Å²) in [6.45, 7) is 0. The Morgan fingerprint density at radius 1 is 1.10 bits per heavy atom. The van der Waals surface area contributed by atoms with E-state index in [0.717, 1.165) is 10.2 Å². The maximum Gasteiger partial charge on any atom is 0.269 e. The van der Waals surface area contributed by atoms with Gasteiger partial charge in [-0.15, -0.1) is 11.3 Å². The number of aliphatic imine (C=N–C) groups is 1. The van der Waals surface area contributed by atoms with E-state index in [1.165, 1.54) is 41.0 Å². The van der Waals surface area contributed by atoms with Crippen LogP contribution in [0.1, 0.15) is 12.1 Å². The first-order chi connectivity index (χ1) is 14.1. The Bertz CT molecular complexity index is 1100. The van der Waals surface area contributed by atoms with Gasteiger partial charge in [0, 0.05) is 24.1 Å². The number of carbonyl (C=O) groups excluding carboxylic acids is 3. The van der Waals surface area contributed by atoms with Gasteiger partial charge in [0.2, 0.25) is 11.8 Å². The fourth-order valence-corrected chi connectivity index (χ4v) is 4.23. The second kappa shape index (κ2) is 8.41. The molecule has 0 spiro atoms. The highest BCUT2D eigenvalue weighted by Gasteiger charge is 2.18. The lowest BCUT2D eigenvalue weighted by molar-refractivity contribution is -0.117. The number of hydrogen-bond donors (Lipinski definition) is 2. The van der Waals surface area contributed by atoms with Gasteiger partial charge in [0.15, 0.2) is 10.3 Å². The van der Waals surface area contributed by atoms with Gasteiger partial charge in [-0.25, -0.2) is 15.0 Å². The van der Waals surface area contributed by atoms with Crippen LogP contribution in [0.25, 0.3) is 10.2 Å². The Hall–Kier alpha value is -3.24. The molecule has 1 aliphatic heterocycles. The lowest BCUT2D eigenvalue weighted by atomic mass is 10.1. The van der Waals surface area contributed by atoms with Gasteiger partial charge in [0.1, 0.15) is 0 Å². The fraction of sp³-hybridized carbons (Fsp3) is 0.158. The minimum absolute atomic E-state index is 0.143. The molecular weight excluding hydrogens is 410 g/mol. The van der Waals surface area contributed by atoms with Crippen LogP contribution in [-0.2, 0) is 20.8 Å². The molecule has 8 nitrogen and oxygen atoms in total. The van der Waals surface area contributed by atoms with Crippen molar-refractivity contribution in [3.05, 3.63) is 47.5 Å². The molecule has 0 bridgehead atoms. The predicted molar refractivity (Wildman–Crippen MR) is 113 cm³/mol. The number of dihydropyridines is 1. The first kappa shape index (κ1) is 19.1. The zero-order chi connectivity index (χ0) is 20.2. The molecule has 0 saturated carbocycles. The van der Waals surface area contributed by atoms with Crippen LogP contribution < -0.4 is 10.6 Å². The molecule has 0 saturated heterocycles. The minimum atomic E-state index is -0.598. The molecular formula is C19H15N5O3S2. The number of nitrogens with zero attached hydrogens (tertiary/aromatic N) is 3. The van der Waals surface area contributed by atoms with Crippen LogP contribution in [-0.4, -0.2) is 33.9 Å². The van der Waals surface area contributed by atoms with Gasteiger partial charge in [-0.3, -0.25) is 14.4 Å². The summed E-state index contributed by atoms with van der Waals surface area (Å²) in [7, 11) is 0. The topological polar surface area (TPSA) is 113 Å². The smallest absolute Gasteiger partial charge is 0.269 e. The zero-order valence-corrected chi connectivity index (χ0v) is 16.6. The highest BCUT2D eigenvalue weighted by molar-refractivity contribution is 7.22. The van der Waals surface area contributed by atoms with Crippen molar-refractivity contribution in [2.75, 3.05) is 10.6 Å². The Kier molecular flexibility index (Phi) is 5.54. The number of hydrogen-bond acceptors (Lipinski definition) is 7. The van der Waals surface area contributed by atoms with E-state index in [4.69, 9.17) is 0 Å². The Morgan fingerprint density at radius 3 is 2.76 bits per heavy atom. The van der Waals surface area contributed by atoms with Crippen molar-refractivity contribution in [2.24, 2.45) is 10.9 Å². The summed E-state index contributed by atoms with van der Waals surface area (Å²) in [6.07, 6.45) is 4.77. The van der Waals surface area contributed by atoms with Gasteiger partial charge >= 0.3 is 0 Å². The summed E-state index contributed by atoms with van der Waals surface area (Å²) in [5, 5.41) is 8.32. The van der Waals surface area contributed by atoms with Crippen LogP contribution in [0.2, 0.25) is 0 Å². The van der Waals surface area contributed by atoms with Gasteiger partial charge in [-0.05, 0) is 18.6 Å². The number of anilines is 2. The molecule has 2 aromatic heterocycles. The number of rotatable bonds is 6. The van der Waals surface area contributed by atoms with E-state index in [0.29, 0.717) is 22.4 Å². The van der Waals surface area contributed by atoms with Crippen LogP contribution in [0.4, 0.5) is 10.3 Å². The molecule has 3 aromatic rings. The highest BCUT2D eigenvalue weighted by atomic mass is 32.1. The van der Waals surface area contributed by atoms with Crippen LogP contribution in [0.3, 0.4) is 0 Å². The number of aryl methyl sites for hydroxylation is 1. The molecule has 3 heterocycles. The summed E-state index contributed by atoms with van der Waals surface area (Å²) in [5.41, 5.74) is 1.57. The average Bonchev–Trinajstić information content (AvgIpc) is 3.32. The van der Waals surface area contributed by atoms with E-state index in [-0.39, 0.29) is 24.1 Å². The first-order valence-corrected chi connectivity index (χ1v) is 10.4. The molecule has 0 fully saturated rings. The number of carbonyl (C=O) groups is 3. The fourth-order valence-electron chi connectivity index (χ4n) is 2.60. The van der Waals surface area contributed by atoms with Crippen molar-refractivity contribution in [1.82, 2.24) is 9.97 Å². The van der Waals surface area contributed by atoms with Gasteiger partial charge in [-0.2, -0.15) is 0 Å². The Morgan fingerprint density at radius 2 is 1.97 bits per heavy atom. The largest absolute Gasteiger partial charge is 0.302 e. The van der Waals surface area contributed by atoms with E-state index >= 15 is 0 Å². The molecule has 1 unspecified atom stereocenters. The second-order valence-electron chi connectivity index (χ2n) is 6.17. The Labute approximate surface area is 173 Å². The first-order valence-electron chi connectivity index (χ1n) is 8.74. The Balaban J connectivity index is 1.28. The molecule has 1 aromatic carbocycles. The van der Waals surface area contributed by atoms with Crippen molar-refractivity contribution in [3.8, 4) is 0 Å². The van der Waals surface area contributed by atoms with Crippen LogP contribution in [0, 0.1) is 5.92 Å². The third-order valence-corrected chi connectivity index (χ3v) is 5.80. The number of amides is 3. The second-order valence-corrected chi connectivity index (χ2v) is 8.06. The lowest BCUT2D eigenvalue weighted by Gasteiger charge is -2.08. The van der Waals surface area contributed by atoms with E-state index in [1.807, 2.05) is 24.3 Å². The van der Waals surface area contributed by atoms with Crippen molar-refractivity contribution in [1.29, 1.82) is 0 Å². The lowest BCUT2D eigenvalue weighted by Crippen LogP contribution is -2.24. The number of thiazole rings is 2. The molecule has 146 valence electrons. The van der Waals surface area contributed by atoms with E-state index in [1.54, 1.807) is 5.38 Å². The SMILES string of the molecule is O=C1C=CC(C(=O)Nc2nc(CCC(=O)Nc3nc4ccccc4s3)cs2)C=N1. The molecule has 2 N–H and O–H groups in total. The number of nitrogens with one attached hydrogen (secondary N) is 2. The number of para-hydroxylation sites is 1. The van der Waals surface area contributed by atoms with Crippen LogP contribution in [0.15, 0.2) is 46.8 Å². The van der Waals surface area contributed by atoms with Gasteiger partial charge < -0.3 is 10.6 Å². The van der Waals surface area contributed by atoms with Gasteiger partial charge in [0.25, 0.3) is 5.91 Å². The van der Waals surface area contributed by atoms with Crippen LogP contribution in [0.5, 0.6) is 0 Å². The normalized spacial score (nSPS) is 15.6. The maximum absolute atomic E-state index is 12.2. The summed E-state index contributed by atoms with van der Waals surface area (Å²) < 4.78 is 1.02. The molecule has 29 heavy (non-hydrogen) atoms. The van der Waals surface area contributed by atoms with Crippen molar-refractivity contribution >= 4 is 67.1 Å². The summed E-state index contributed by atoms with van der Waals surface area (Å²) in [6, 6.07) is 7.70. The third kappa shape index (κ3) is 4.79. The van der Waals surface area contributed by atoms with Crippen molar-refractivity contribution < 1.29 is 14.4 Å². The molecule has 10 heteroatoms. The highest BCUT2D eigenvalue weighted by Crippen LogP contribution is 2.25. The molecule has 1 aliphatic rings. The average molecular weight is 425 g/mol. The molecule has 3 amide bonds. The number of fused-ring (bicyclic) bond motifs is 1. The zero-order valence-electron chi connectivity index (χ0n) is 15.0. The van der Waals surface area contributed by atoms with E-state index in [2.05, 4.69) is 25.6 Å². The van der Waals surface area contributed by atoms with E-state index < -0.39 is 5.92 Å². The minimum Gasteiger partial charge on any atom is -0.302 e. The number of aromatic nitrogens is 2. The van der Waals surface area contributed by atoms with Crippen LogP contribution >= 0.6 is 22.7 Å². The molecule has 1 atom stereocenters. The van der Waals surface area contributed by atoms with E-state index in [9.17, 15) is 14.4 Å². The van der Waals surface area contributed by atoms with Crippen molar-refractivity contribution in [2.45, 2.75) is 12.8 Å². The molecule has 0 aliphatic carbocycles. The monoisotopic (exact) mass is 425 g/mol. The standard InChI is InChI=1S/C19H15N5O3S2/c25-15-7-5-11(9-20-15)17(27)24-18-21-12(10-28-18)6-8-16(26)23-19-22-13-3-1-2-4-14(13)29-19/h1-5,7,9-11H,6,8H2,(H,21,24,27)(H,22,23,26). The molecule has 0 radical (unpaired) electrons.